The van der Waals surface area contributed by atoms with Gasteiger partial charge in [-0.15, -0.1) is 0 Å². The quantitative estimate of drug-likeness (QED) is 0.890. The van der Waals surface area contributed by atoms with Gasteiger partial charge in [-0.2, -0.15) is 0 Å². The standard InChI is InChI=1S/C13H17BrClNO/c14-12-7-11(15)4-3-10(12)8-16-9-13(17)5-1-2-6-13/h3-4,7,16-17H,1-2,5-6,8-9H2. The zero-order chi connectivity index (χ0) is 12.3. The van der Waals surface area contributed by atoms with Crippen LogP contribution in [0.4, 0.5) is 0 Å². The van der Waals surface area contributed by atoms with Crippen molar-refractivity contribution in [3.8, 4) is 0 Å². The predicted octanol–water partition coefficient (Wildman–Crippen LogP) is 3.50. The Labute approximate surface area is 115 Å². The minimum absolute atomic E-state index is 0.487. The molecular weight excluding hydrogens is 302 g/mol. The van der Waals surface area contributed by atoms with Crippen LogP contribution in [0.25, 0.3) is 0 Å². The summed E-state index contributed by atoms with van der Waals surface area (Å²) >= 11 is 9.37. The molecule has 0 radical (unpaired) electrons. The fourth-order valence-electron chi connectivity index (χ4n) is 2.30. The van der Waals surface area contributed by atoms with Crippen molar-refractivity contribution in [1.82, 2.24) is 5.32 Å². The third-order valence-electron chi connectivity index (χ3n) is 3.32. The highest BCUT2D eigenvalue weighted by Crippen LogP contribution is 2.29. The van der Waals surface area contributed by atoms with Crippen molar-refractivity contribution in [3.63, 3.8) is 0 Å². The van der Waals surface area contributed by atoms with Crippen molar-refractivity contribution in [2.75, 3.05) is 6.54 Å². The Balaban J connectivity index is 1.85. The maximum absolute atomic E-state index is 10.2. The summed E-state index contributed by atoms with van der Waals surface area (Å²) in [6.45, 7) is 1.42. The summed E-state index contributed by atoms with van der Waals surface area (Å²) in [5.41, 5.74) is 0.676. The average molecular weight is 319 g/mol. The fourth-order valence-corrected chi connectivity index (χ4v) is 3.13. The first-order chi connectivity index (χ1) is 8.09. The maximum Gasteiger partial charge on any atom is 0.0771 e. The molecule has 2 rings (SSSR count). The molecule has 1 fully saturated rings. The Bertz CT molecular complexity index is 391. The molecule has 0 heterocycles. The van der Waals surface area contributed by atoms with Crippen LogP contribution in [-0.2, 0) is 6.54 Å². The molecular formula is C13H17BrClNO. The molecule has 94 valence electrons. The van der Waals surface area contributed by atoms with E-state index >= 15 is 0 Å². The third kappa shape index (κ3) is 3.68. The summed E-state index contributed by atoms with van der Waals surface area (Å²) in [6.07, 6.45) is 4.12. The van der Waals surface area contributed by atoms with Crippen LogP contribution >= 0.6 is 27.5 Å². The molecule has 0 aromatic heterocycles. The predicted molar refractivity (Wildman–Crippen MR) is 74.3 cm³/mol. The first-order valence-corrected chi connectivity index (χ1v) is 7.13. The van der Waals surface area contributed by atoms with Crippen LogP contribution in [0.3, 0.4) is 0 Å². The van der Waals surface area contributed by atoms with E-state index in [0.29, 0.717) is 6.54 Å². The topological polar surface area (TPSA) is 32.3 Å². The van der Waals surface area contributed by atoms with Crippen LogP contribution in [0.2, 0.25) is 5.02 Å². The highest BCUT2D eigenvalue weighted by Gasteiger charge is 2.30. The first-order valence-electron chi connectivity index (χ1n) is 5.96. The molecule has 1 aromatic carbocycles. The molecule has 0 saturated heterocycles. The second kappa shape index (κ2) is 5.70. The van der Waals surface area contributed by atoms with E-state index in [4.69, 9.17) is 11.6 Å². The van der Waals surface area contributed by atoms with Gasteiger partial charge in [0.2, 0.25) is 0 Å². The minimum atomic E-state index is -0.487. The van der Waals surface area contributed by atoms with E-state index in [1.54, 1.807) is 0 Å². The normalized spacial score (nSPS) is 18.5. The molecule has 1 saturated carbocycles. The summed E-state index contributed by atoms with van der Waals surface area (Å²) < 4.78 is 1.01. The van der Waals surface area contributed by atoms with Gasteiger partial charge in [0.05, 0.1) is 5.60 Å². The average Bonchev–Trinajstić information content (AvgIpc) is 2.69. The lowest BCUT2D eigenvalue weighted by Gasteiger charge is -2.22. The van der Waals surface area contributed by atoms with Gasteiger partial charge in [-0.3, -0.25) is 0 Å². The van der Waals surface area contributed by atoms with Crippen molar-refractivity contribution in [1.29, 1.82) is 0 Å². The van der Waals surface area contributed by atoms with Crippen molar-refractivity contribution in [3.05, 3.63) is 33.3 Å². The van der Waals surface area contributed by atoms with E-state index < -0.39 is 5.60 Å². The summed E-state index contributed by atoms with van der Waals surface area (Å²) in [7, 11) is 0. The molecule has 0 aliphatic heterocycles. The van der Waals surface area contributed by atoms with Gasteiger partial charge in [-0.05, 0) is 30.5 Å². The Kier molecular flexibility index (Phi) is 4.47. The Hall–Kier alpha value is -0.0900. The van der Waals surface area contributed by atoms with E-state index in [-0.39, 0.29) is 0 Å². The summed E-state index contributed by atoms with van der Waals surface area (Å²) in [5.74, 6) is 0. The fraction of sp³-hybridized carbons (Fsp3) is 0.538. The number of aliphatic hydroxyl groups is 1. The van der Waals surface area contributed by atoms with E-state index in [2.05, 4.69) is 21.2 Å². The van der Waals surface area contributed by atoms with Gasteiger partial charge in [0.1, 0.15) is 0 Å². The smallest absolute Gasteiger partial charge is 0.0771 e. The molecule has 1 aromatic rings. The lowest BCUT2D eigenvalue weighted by molar-refractivity contribution is 0.0475. The Morgan fingerprint density at radius 1 is 1.35 bits per heavy atom. The largest absolute Gasteiger partial charge is 0.389 e. The van der Waals surface area contributed by atoms with Gasteiger partial charge >= 0.3 is 0 Å². The van der Waals surface area contributed by atoms with E-state index in [1.807, 2.05) is 18.2 Å². The van der Waals surface area contributed by atoms with Crippen molar-refractivity contribution < 1.29 is 5.11 Å². The van der Waals surface area contributed by atoms with Crippen LogP contribution < -0.4 is 5.32 Å². The third-order valence-corrected chi connectivity index (χ3v) is 4.29. The van der Waals surface area contributed by atoms with Crippen LogP contribution in [0.15, 0.2) is 22.7 Å². The van der Waals surface area contributed by atoms with Crippen LogP contribution in [0.5, 0.6) is 0 Å². The van der Waals surface area contributed by atoms with Crippen LogP contribution in [0.1, 0.15) is 31.2 Å². The molecule has 1 aliphatic carbocycles. The van der Waals surface area contributed by atoms with Gasteiger partial charge in [0.15, 0.2) is 0 Å². The van der Waals surface area contributed by atoms with Crippen LogP contribution in [0, 0.1) is 0 Å². The molecule has 0 amide bonds. The Morgan fingerprint density at radius 3 is 2.71 bits per heavy atom. The molecule has 0 unspecified atom stereocenters. The van der Waals surface area contributed by atoms with E-state index in [9.17, 15) is 5.11 Å². The van der Waals surface area contributed by atoms with Crippen molar-refractivity contribution in [2.45, 2.75) is 37.8 Å². The SMILES string of the molecule is OC1(CNCc2ccc(Cl)cc2Br)CCCC1. The number of benzene rings is 1. The number of hydrogen-bond acceptors (Lipinski definition) is 2. The van der Waals surface area contributed by atoms with Crippen molar-refractivity contribution >= 4 is 27.5 Å². The van der Waals surface area contributed by atoms with Gasteiger partial charge in [-0.25, -0.2) is 0 Å². The molecule has 4 heteroatoms. The van der Waals surface area contributed by atoms with E-state index in [0.717, 1.165) is 47.3 Å². The lowest BCUT2D eigenvalue weighted by atomic mass is 10.0. The molecule has 2 nitrogen and oxygen atoms in total. The molecule has 0 atom stereocenters. The second-order valence-electron chi connectivity index (χ2n) is 4.77. The highest BCUT2D eigenvalue weighted by molar-refractivity contribution is 9.10. The summed E-state index contributed by atoms with van der Waals surface area (Å²) in [4.78, 5) is 0. The van der Waals surface area contributed by atoms with Gasteiger partial charge < -0.3 is 10.4 Å². The highest BCUT2D eigenvalue weighted by atomic mass is 79.9. The summed E-state index contributed by atoms with van der Waals surface area (Å²) in [5, 5.41) is 14.2. The molecule has 1 aliphatic rings. The Morgan fingerprint density at radius 2 is 2.06 bits per heavy atom. The number of hydrogen-bond donors (Lipinski definition) is 2. The molecule has 2 N–H and O–H groups in total. The number of nitrogens with one attached hydrogen (secondary N) is 1. The van der Waals surface area contributed by atoms with Crippen molar-refractivity contribution in [2.24, 2.45) is 0 Å². The lowest BCUT2D eigenvalue weighted by Crippen LogP contribution is -2.37. The minimum Gasteiger partial charge on any atom is -0.389 e. The molecule has 0 spiro atoms. The monoisotopic (exact) mass is 317 g/mol. The summed E-state index contributed by atoms with van der Waals surface area (Å²) in [6, 6.07) is 5.77. The van der Waals surface area contributed by atoms with Gasteiger partial charge in [0, 0.05) is 22.6 Å². The first kappa shape index (κ1) is 13.3. The maximum atomic E-state index is 10.2. The molecule has 17 heavy (non-hydrogen) atoms. The number of rotatable bonds is 4. The second-order valence-corrected chi connectivity index (χ2v) is 6.06. The zero-order valence-electron chi connectivity index (χ0n) is 9.68. The van der Waals surface area contributed by atoms with Gasteiger partial charge in [0.25, 0.3) is 0 Å². The van der Waals surface area contributed by atoms with Gasteiger partial charge in [-0.1, -0.05) is 46.4 Å². The van der Waals surface area contributed by atoms with E-state index in [1.165, 1.54) is 0 Å². The molecule has 0 bridgehead atoms. The number of halogens is 2. The van der Waals surface area contributed by atoms with Crippen LogP contribution in [-0.4, -0.2) is 17.3 Å². The zero-order valence-corrected chi connectivity index (χ0v) is 12.0.